The van der Waals surface area contributed by atoms with E-state index in [1.54, 1.807) is 0 Å². The predicted octanol–water partition coefficient (Wildman–Crippen LogP) is 1.86. The second kappa shape index (κ2) is 5.61. The molecule has 0 amide bonds. The third-order valence-corrected chi connectivity index (χ3v) is 3.09. The molecule has 1 aliphatic rings. The Labute approximate surface area is 82.7 Å². The number of hydrogen-bond donors (Lipinski definition) is 1. The first-order chi connectivity index (χ1) is 6.31. The summed E-state index contributed by atoms with van der Waals surface area (Å²) < 4.78 is 0. The molecule has 1 rings (SSSR count). The molecule has 2 atom stereocenters. The average molecular weight is 184 g/mol. The second-order valence-electron chi connectivity index (χ2n) is 4.07. The Kier molecular flexibility index (Phi) is 4.74. The SMILES string of the molecule is CCCN1CC(CC)NCC1CC. The van der Waals surface area contributed by atoms with Crippen molar-refractivity contribution in [2.45, 2.75) is 52.1 Å². The smallest absolute Gasteiger partial charge is 0.0218 e. The summed E-state index contributed by atoms with van der Waals surface area (Å²) in [4.78, 5) is 2.66. The monoisotopic (exact) mass is 184 g/mol. The van der Waals surface area contributed by atoms with Gasteiger partial charge >= 0.3 is 0 Å². The van der Waals surface area contributed by atoms with Gasteiger partial charge in [0, 0.05) is 25.2 Å². The van der Waals surface area contributed by atoms with Gasteiger partial charge in [-0.25, -0.2) is 0 Å². The molecule has 0 radical (unpaired) electrons. The topological polar surface area (TPSA) is 15.3 Å². The van der Waals surface area contributed by atoms with Gasteiger partial charge in [-0.15, -0.1) is 0 Å². The second-order valence-corrected chi connectivity index (χ2v) is 4.07. The molecular weight excluding hydrogens is 160 g/mol. The first-order valence-electron chi connectivity index (χ1n) is 5.79. The zero-order valence-electron chi connectivity index (χ0n) is 9.34. The number of rotatable bonds is 4. The predicted molar refractivity (Wildman–Crippen MR) is 58.0 cm³/mol. The van der Waals surface area contributed by atoms with E-state index >= 15 is 0 Å². The van der Waals surface area contributed by atoms with Gasteiger partial charge in [-0.1, -0.05) is 20.8 Å². The van der Waals surface area contributed by atoms with Crippen molar-refractivity contribution in [3.63, 3.8) is 0 Å². The lowest BCUT2D eigenvalue weighted by Crippen LogP contribution is -2.56. The normalized spacial score (nSPS) is 30.7. The summed E-state index contributed by atoms with van der Waals surface area (Å²) in [6.07, 6.45) is 3.83. The summed E-state index contributed by atoms with van der Waals surface area (Å²) in [5.74, 6) is 0. The molecule has 2 nitrogen and oxygen atoms in total. The van der Waals surface area contributed by atoms with E-state index in [4.69, 9.17) is 0 Å². The highest BCUT2D eigenvalue weighted by molar-refractivity contribution is 4.84. The molecule has 0 spiro atoms. The van der Waals surface area contributed by atoms with Gasteiger partial charge in [0.15, 0.2) is 0 Å². The zero-order chi connectivity index (χ0) is 9.68. The third-order valence-electron chi connectivity index (χ3n) is 3.09. The fourth-order valence-electron chi connectivity index (χ4n) is 2.17. The minimum atomic E-state index is 0.731. The van der Waals surface area contributed by atoms with Crippen LogP contribution in [0.15, 0.2) is 0 Å². The van der Waals surface area contributed by atoms with E-state index < -0.39 is 0 Å². The number of nitrogens with one attached hydrogen (secondary N) is 1. The quantitative estimate of drug-likeness (QED) is 0.717. The number of hydrogen-bond acceptors (Lipinski definition) is 2. The Morgan fingerprint density at radius 2 is 2.00 bits per heavy atom. The molecule has 0 aromatic rings. The van der Waals surface area contributed by atoms with Crippen LogP contribution < -0.4 is 5.32 Å². The van der Waals surface area contributed by atoms with Crippen LogP contribution in [0, 0.1) is 0 Å². The molecule has 13 heavy (non-hydrogen) atoms. The van der Waals surface area contributed by atoms with Crippen LogP contribution >= 0.6 is 0 Å². The molecule has 0 aromatic heterocycles. The van der Waals surface area contributed by atoms with Crippen LogP contribution in [-0.4, -0.2) is 36.6 Å². The molecule has 2 heteroatoms. The Hall–Kier alpha value is -0.0800. The van der Waals surface area contributed by atoms with Crippen LogP contribution in [0.2, 0.25) is 0 Å². The Bertz CT molecular complexity index is 136. The largest absolute Gasteiger partial charge is 0.311 e. The van der Waals surface area contributed by atoms with Crippen molar-refractivity contribution in [3.05, 3.63) is 0 Å². The Balaban J connectivity index is 2.42. The highest BCUT2D eigenvalue weighted by Gasteiger charge is 2.24. The summed E-state index contributed by atoms with van der Waals surface area (Å²) in [5, 5.41) is 3.62. The van der Waals surface area contributed by atoms with Crippen LogP contribution in [0.1, 0.15) is 40.0 Å². The van der Waals surface area contributed by atoms with Gasteiger partial charge in [0.05, 0.1) is 0 Å². The highest BCUT2D eigenvalue weighted by atomic mass is 15.2. The minimum Gasteiger partial charge on any atom is -0.311 e. The van der Waals surface area contributed by atoms with Gasteiger partial charge in [-0.3, -0.25) is 4.90 Å². The van der Waals surface area contributed by atoms with Gasteiger partial charge < -0.3 is 5.32 Å². The van der Waals surface area contributed by atoms with E-state index in [2.05, 4.69) is 31.0 Å². The van der Waals surface area contributed by atoms with E-state index in [0.29, 0.717) is 0 Å². The molecule has 1 N–H and O–H groups in total. The Morgan fingerprint density at radius 1 is 1.23 bits per heavy atom. The lowest BCUT2D eigenvalue weighted by molar-refractivity contribution is 0.125. The summed E-state index contributed by atoms with van der Waals surface area (Å²) in [6, 6.07) is 1.51. The van der Waals surface area contributed by atoms with Crippen LogP contribution in [0.3, 0.4) is 0 Å². The number of nitrogens with zero attached hydrogens (tertiary/aromatic N) is 1. The molecule has 1 saturated heterocycles. The molecule has 1 heterocycles. The van der Waals surface area contributed by atoms with Crippen LogP contribution in [-0.2, 0) is 0 Å². The van der Waals surface area contributed by atoms with Gasteiger partial charge in [0.1, 0.15) is 0 Å². The van der Waals surface area contributed by atoms with Crippen LogP contribution in [0.5, 0.6) is 0 Å². The summed E-state index contributed by atoms with van der Waals surface area (Å²) in [7, 11) is 0. The standard InChI is InChI=1S/C11H24N2/c1-4-7-13-9-10(5-2)12-8-11(13)6-3/h10-12H,4-9H2,1-3H3. The molecule has 1 fully saturated rings. The van der Waals surface area contributed by atoms with Gasteiger partial charge in [-0.05, 0) is 25.8 Å². The van der Waals surface area contributed by atoms with Crippen LogP contribution in [0.4, 0.5) is 0 Å². The molecule has 78 valence electrons. The van der Waals surface area contributed by atoms with Crippen molar-refractivity contribution < 1.29 is 0 Å². The number of piperazine rings is 1. The molecule has 0 aliphatic carbocycles. The van der Waals surface area contributed by atoms with Crippen molar-refractivity contribution in [1.82, 2.24) is 10.2 Å². The van der Waals surface area contributed by atoms with E-state index in [9.17, 15) is 0 Å². The maximum Gasteiger partial charge on any atom is 0.0218 e. The zero-order valence-corrected chi connectivity index (χ0v) is 9.34. The van der Waals surface area contributed by atoms with E-state index in [1.807, 2.05) is 0 Å². The third kappa shape index (κ3) is 2.96. The minimum absolute atomic E-state index is 0.731. The maximum absolute atomic E-state index is 3.62. The summed E-state index contributed by atoms with van der Waals surface area (Å²) in [6.45, 7) is 10.6. The summed E-state index contributed by atoms with van der Waals surface area (Å²) >= 11 is 0. The molecule has 0 saturated carbocycles. The van der Waals surface area contributed by atoms with Crippen molar-refractivity contribution in [3.8, 4) is 0 Å². The highest BCUT2D eigenvalue weighted by Crippen LogP contribution is 2.12. The fraction of sp³-hybridized carbons (Fsp3) is 1.00. The molecule has 0 aromatic carbocycles. The fourth-order valence-corrected chi connectivity index (χ4v) is 2.17. The van der Waals surface area contributed by atoms with Crippen molar-refractivity contribution in [2.75, 3.05) is 19.6 Å². The average Bonchev–Trinajstić information content (AvgIpc) is 2.18. The summed E-state index contributed by atoms with van der Waals surface area (Å²) in [5.41, 5.74) is 0. The molecule has 2 unspecified atom stereocenters. The first-order valence-corrected chi connectivity index (χ1v) is 5.79. The van der Waals surface area contributed by atoms with Crippen molar-refractivity contribution in [1.29, 1.82) is 0 Å². The van der Waals surface area contributed by atoms with Gasteiger partial charge in [-0.2, -0.15) is 0 Å². The van der Waals surface area contributed by atoms with E-state index in [-0.39, 0.29) is 0 Å². The first kappa shape index (κ1) is 11.0. The Morgan fingerprint density at radius 3 is 2.54 bits per heavy atom. The molecule has 1 aliphatic heterocycles. The van der Waals surface area contributed by atoms with E-state index in [0.717, 1.165) is 12.1 Å². The van der Waals surface area contributed by atoms with Crippen molar-refractivity contribution in [2.24, 2.45) is 0 Å². The van der Waals surface area contributed by atoms with Gasteiger partial charge in [0.25, 0.3) is 0 Å². The lowest BCUT2D eigenvalue weighted by atomic mass is 10.1. The van der Waals surface area contributed by atoms with Crippen LogP contribution in [0.25, 0.3) is 0 Å². The van der Waals surface area contributed by atoms with Gasteiger partial charge in [0.2, 0.25) is 0 Å². The van der Waals surface area contributed by atoms with Crippen molar-refractivity contribution >= 4 is 0 Å². The molecule has 0 bridgehead atoms. The lowest BCUT2D eigenvalue weighted by Gasteiger charge is -2.39. The molecular formula is C11H24N2. The van der Waals surface area contributed by atoms with E-state index in [1.165, 1.54) is 38.9 Å². The maximum atomic E-state index is 3.62.